The van der Waals surface area contributed by atoms with Crippen LogP contribution in [0.3, 0.4) is 0 Å². The molecule has 0 aliphatic rings. The average molecular weight is 214 g/mol. The molecule has 0 N–H and O–H groups in total. The Balaban J connectivity index is 2.95. The van der Waals surface area contributed by atoms with Gasteiger partial charge in [0.05, 0.1) is 0 Å². The molecule has 0 nitrogen and oxygen atoms in total. The average Bonchev–Trinajstić information content (AvgIpc) is 2.21. The van der Waals surface area contributed by atoms with E-state index in [1.54, 1.807) is 0 Å². The second-order valence-electron chi connectivity index (χ2n) is 4.12. The van der Waals surface area contributed by atoms with Crippen LogP contribution in [0.5, 0.6) is 0 Å². The van der Waals surface area contributed by atoms with Crippen molar-refractivity contribution in [1.82, 2.24) is 0 Å². The fourth-order valence-corrected chi connectivity index (χ4v) is 1.78. The molecule has 0 spiro atoms. The van der Waals surface area contributed by atoms with Crippen molar-refractivity contribution in [2.75, 3.05) is 0 Å². The van der Waals surface area contributed by atoms with E-state index >= 15 is 0 Å². The van der Waals surface area contributed by atoms with Crippen LogP contribution >= 0.6 is 12.2 Å². The Morgan fingerprint density at radius 1 is 0.786 bits per heavy atom. The van der Waals surface area contributed by atoms with Gasteiger partial charge < -0.3 is 0 Å². The van der Waals surface area contributed by atoms with Crippen molar-refractivity contribution in [3.05, 3.63) is 0 Å². The first-order valence-electron chi connectivity index (χ1n) is 6.33. The van der Waals surface area contributed by atoms with E-state index in [2.05, 4.69) is 13.8 Å². The molecule has 84 valence electrons. The smallest absolute Gasteiger partial charge is 0.00742 e. The van der Waals surface area contributed by atoms with E-state index in [9.17, 15) is 0 Å². The highest BCUT2D eigenvalue weighted by Gasteiger charge is 1.94. The van der Waals surface area contributed by atoms with Crippen molar-refractivity contribution >= 4 is 17.1 Å². The summed E-state index contributed by atoms with van der Waals surface area (Å²) in [7, 11) is 0. The lowest BCUT2D eigenvalue weighted by Gasteiger charge is -2.01. The molecule has 0 bridgehead atoms. The molecule has 0 aliphatic carbocycles. The summed E-state index contributed by atoms with van der Waals surface area (Å²) in [4.78, 5) is 1.26. The summed E-state index contributed by atoms with van der Waals surface area (Å²) in [6, 6.07) is 0. The van der Waals surface area contributed by atoms with E-state index in [0.717, 1.165) is 6.42 Å². The second-order valence-corrected chi connectivity index (χ2v) is 4.69. The van der Waals surface area contributed by atoms with Gasteiger partial charge in [0.25, 0.3) is 0 Å². The Kier molecular flexibility index (Phi) is 11.2. The summed E-state index contributed by atoms with van der Waals surface area (Å²) in [6.45, 7) is 4.43. The van der Waals surface area contributed by atoms with Crippen LogP contribution in [0, 0.1) is 0 Å². The van der Waals surface area contributed by atoms with Crippen molar-refractivity contribution < 1.29 is 0 Å². The molecule has 0 aliphatic heterocycles. The van der Waals surface area contributed by atoms with E-state index < -0.39 is 0 Å². The van der Waals surface area contributed by atoms with Crippen molar-refractivity contribution in [2.45, 2.75) is 78.1 Å². The van der Waals surface area contributed by atoms with E-state index in [1.807, 2.05) is 0 Å². The quantitative estimate of drug-likeness (QED) is 0.351. The van der Waals surface area contributed by atoms with Crippen LogP contribution in [-0.4, -0.2) is 4.86 Å². The molecule has 0 rings (SSSR count). The lowest BCUT2D eigenvalue weighted by atomic mass is 10.1. The lowest BCUT2D eigenvalue weighted by Crippen LogP contribution is -1.91. The molecule has 1 heteroatoms. The van der Waals surface area contributed by atoms with E-state index in [-0.39, 0.29) is 0 Å². The zero-order chi connectivity index (χ0) is 10.6. The zero-order valence-corrected chi connectivity index (χ0v) is 10.8. The van der Waals surface area contributed by atoms with E-state index in [1.165, 1.54) is 62.7 Å². The fraction of sp³-hybridized carbons (Fsp3) is 0.923. The van der Waals surface area contributed by atoms with Gasteiger partial charge in [-0.25, -0.2) is 0 Å². The van der Waals surface area contributed by atoms with Gasteiger partial charge in [0.2, 0.25) is 0 Å². The number of hydrogen-bond acceptors (Lipinski definition) is 1. The van der Waals surface area contributed by atoms with Crippen LogP contribution in [0.1, 0.15) is 78.1 Å². The molecule has 0 aromatic heterocycles. The molecule has 0 unspecified atom stereocenters. The van der Waals surface area contributed by atoms with Crippen LogP contribution in [0.25, 0.3) is 0 Å². The van der Waals surface area contributed by atoms with Gasteiger partial charge in [-0.15, -0.1) is 0 Å². The van der Waals surface area contributed by atoms with Gasteiger partial charge in [-0.3, -0.25) is 0 Å². The first-order valence-corrected chi connectivity index (χ1v) is 6.73. The number of thiocarbonyl (C=S) groups is 1. The third kappa shape index (κ3) is 10.2. The molecule has 0 radical (unpaired) electrons. The van der Waals surface area contributed by atoms with E-state index in [4.69, 9.17) is 12.2 Å². The van der Waals surface area contributed by atoms with Gasteiger partial charge in [0, 0.05) is 0 Å². The minimum absolute atomic E-state index is 1.09. The summed E-state index contributed by atoms with van der Waals surface area (Å²) >= 11 is 5.19. The molecule has 14 heavy (non-hydrogen) atoms. The molecular formula is C13H26S. The van der Waals surface area contributed by atoms with Gasteiger partial charge in [-0.1, -0.05) is 71.0 Å². The molecule has 0 atom stereocenters. The molecule has 0 saturated carbocycles. The number of hydrogen-bond donors (Lipinski definition) is 0. The summed E-state index contributed by atoms with van der Waals surface area (Å²) in [5, 5.41) is 0. The van der Waals surface area contributed by atoms with Crippen LogP contribution < -0.4 is 0 Å². The highest BCUT2D eigenvalue weighted by atomic mass is 32.1. The Hall–Kier alpha value is 0.0900. The molecule has 0 saturated heterocycles. The van der Waals surface area contributed by atoms with Gasteiger partial charge in [-0.2, -0.15) is 0 Å². The summed E-state index contributed by atoms with van der Waals surface area (Å²) in [6.07, 6.45) is 13.5. The monoisotopic (exact) mass is 214 g/mol. The SMILES string of the molecule is CCCCCCCCCCC(=S)CC. The van der Waals surface area contributed by atoms with Gasteiger partial charge >= 0.3 is 0 Å². The normalized spacial score (nSPS) is 10.4. The molecule has 0 aromatic carbocycles. The van der Waals surface area contributed by atoms with Crippen molar-refractivity contribution in [3.8, 4) is 0 Å². The molecule has 0 aromatic rings. The highest BCUT2D eigenvalue weighted by Crippen LogP contribution is 2.10. The van der Waals surface area contributed by atoms with Gasteiger partial charge in [0.15, 0.2) is 0 Å². The van der Waals surface area contributed by atoms with E-state index in [0.29, 0.717) is 0 Å². The Morgan fingerprint density at radius 3 is 1.79 bits per heavy atom. The van der Waals surface area contributed by atoms with Crippen molar-refractivity contribution in [2.24, 2.45) is 0 Å². The maximum Gasteiger partial charge on any atom is -0.00742 e. The Morgan fingerprint density at radius 2 is 1.29 bits per heavy atom. The summed E-state index contributed by atoms with van der Waals surface area (Å²) in [5.74, 6) is 0. The fourth-order valence-electron chi connectivity index (χ4n) is 1.63. The minimum Gasteiger partial charge on any atom is -0.0897 e. The first kappa shape index (κ1) is 14.1. The van der Waals surface area contributed by atoms with Crippen molar-refractivity contribution in [3.63, 3.8) is 0 Å². The van der Waals surface area contributed by atoms with Gasteiger partial charge in [0.1, 0.15) is 0 Å². The van der Waals surface area contributed by atoms with Crippen LogP contribution in [0.2, 0.25) is 0 Å². The number of unbranched alkanes of at least 4 members (excludes halogenated alkanes) is 7. The molecule has 0 heterocycles. The Bertz CT molecular complexity index is 129. The van der Waals surface area contributed by atoms with Crippen molar-refractivity contribution in [1.29, 1.82) is 0 Å². The standard InChI is InChI=1S/C13H26S/c1-3-5-6-7-8-9-10-11-12-13(14)4-2/h3-12H2,1-2H3. The predicted octanol–water partition coefficient (Wildman–Crippen LogP) is 5.30. The Labute approximate surface area is 95.5 Å². The first-order chi connectivity index (χ1) is 6.81. The topological polar surface area (TPSA) is 0 Å². The van der Waals surface area contributed by atoms with Crippen LogP contribution in [0.15, 0.2) is 0 Å². The lowest BCUT2D eigenvalue weighted by molar-refractivity contribution is 0.580. The van der Waals surface area contributed by atoms with Crippen LogP contribution in [0.4, 0.5) is 0 Å². The maximum absolute atomic E-state index is 5.19. The molecular weight excluding hydrogens is 188 g/mol. The predicted molar refractivity (Wildman–Crippen MR) is 70.1 cm³/mol. The van der Waals surface area contributed by atoms with Crippen LogP contribution in [-0.2, 0) is 0 Å². The largest absolute Gasteiger partial charge is 0.0897 e. The summed E-state index contributed by atoms with van der Waals surface area (Å²) < 4.78 is 0. The third-order valence-corrected chi connectivity index (χ3v) is 3.20. The maximum atomic E-state index is 5.19. The van der Waals surface area contributed by atoms with Gasteiger partial charge in [-0.05, 0) is 24.1 Å². The zero-order valence-electron chi connectivity index (χ0n) is 9.98. The molecule has 0 fully saturated rings. The second kappa shape index (κ2) is 11.2. The molecule has 0 amide bonds. The highest BCUT2D eigenvalue weighted by molar-refractivity contribution is 7.80. The summed E-state index contributed by atoms with van der Waals surface area (Å²) in [5.41, 5.74) is 0. The number of rotatable bonds is 10. The minimum atomic E-state index is 1.09. The third-order valence-electron chi connectivity index (χ3n) is 2.70.